The molecule has 1 fully saturated rings. The van der Waals surface area contributed by atoms with E-state index in [-0.39, 0.29) is 24.3 Å². The molecule has 0 saturated heterocycles. The lowest BCUT2D eigenvalue weighted by atomic mass is 10.1. The quantitative estimate of drug-likeness (QED) is 0.276. The Bertz CT molecular complexity index is 1160. The Morgan fingerprint density at radius 2 is 1.60 bits per heavy atom. The average Bonchev–Trinajstić information content (AvgIpc) is 3.65. The van der Waals surface area contributed by atoms with Crippen LogP contribution in [-0.2, 0) is 22.7 Å². The highest BCUT2D eigenvalue weighted by molar-refractivity contribution is 5.65. The zero-order valence-corrected chi connectivity index (χ0v) is 19.7. The first-order chi connectivity index (χ1) is 17.0. The summed E-state index contributed by atoms with van der Waals surface area (Å²) in [6.45, 7) is 1.86. The molecule has 3 aromatic rings. The maximum atomic E-state index is 14.2. The third-order valence-corrected chi connectivity index (χ3v) is 5.89. The zero-order valence-electron chi connectivity index (χ0n) is 19.7. The second kappa shape index (κ2) is 11.9. The highest BCUT2D eigenvalue weighted by Gasteiger charge is 2.41. The van der Waals surface area contributed by atoms with Crippen LogP contribution in [0.3, 0.4) is 0 Å². The van der Waals surface area contributed by atoms with Crippen LogP contribution in [0.1, 0.15) is 29.5 Å². The topological polar surface area (TPSA) is 76.7 Å². The molecule has 1 atom stereocenters. The van der Waals surface area contributed by atoms with Gasteiger partial charge in [-0.3, -0.25) is 0 Å². The van der Waals surface area contributed by atoms with E-state index in [0.717, 1.165) is 24.0 Å². The van der Waals surface area contributed by atoms with Crippen molar-refractivity contribution >= 4 is 11.4 Å². The Morgan fingerprint density at radius 3 is 2.23 bits per heavy atom. The summed E-state index contributed by atoms with van der Waals surface area (Å²) in [6.07, 6.45) is 1.17. The summed E-state index contributed by atoms with van der Waals surface area (Å²) in [5, 5.41) is 13.4. The number of nitrogen functional groups attached to an aromatic ring is 1. The summed E-state index contributed by atoms with van der Waals surface area (Å²) in [5.41, 5.74) is 8.91. The molecule has 3 aromatic carbocycles. The van der Waals surface area contributed by atoms with Gasteiger partial charge >= 0.3 is 0 Å². The molecule has 1 saturated carbocycles. The van der Waals surface area contributed by atoms with Crippen LogP contribution in [0.4, 0.5) is 15.8 Å². The van der Waals surface area contributed by atoms with Crippen LogP contribution in [0, 0.1) is 23.1 Å². The van der Waals surface area contributed by atoms with Crippen molar-refractivity contribution in [2.45, 2.75) is 32.2 Å². The average molecular weight is 475 g/mol. The van der Waals surface area contributed by atoms with E-state index >= 15 is 0 Å². The molecular formula is C29H31FN2O3. The maximum absolute atomic E-state index is 14.2. The molecule has 0 radical (unpaired) electrons. The van der Waals surface area contributed by atoms with E-state index in [1.165, 1.54) is 12.1 Å². The fourth-order valence-corrected chi connectivity index (χ4v) is 3.61. The highest BCUT2D eigenvalue weighted by Crippen LogP contribution is 2.45. The van der Waals surface area contributed by atoms with Crippen molar-refractivity contribution in [3.05, 3.63) is 95.3 Å². The molecule has 182 valence electrons. The van der Waals surface area contributed by atoms with Crippen molar-refractivity contribution in [3.63, 3.8) is 0 Å². The molecule has 0 heterocycles. The molecule has 5 nitrogen and oxygen atoms in total. The molecule has 0 aliphatic heterocycles. The van der Waals surface area contributed by atoms with Crippen molar-refractivity contribution in [1.82, 2.24) is 0 Å². The van der Waals surface area contributed by atoms with Gasteiger partial charge in [0.25, 0.3) is 0 Å². The second-order valence-corrected chi connectivity index (χ2v) is 8.96. The molecule has 1 unspecified atom stereocenters. The van der Waals surface area contributed by atoms with Crippen molar-refractivity contribution in [3.8, 4) is 11.8 Å². The summed E-state index contributed by atoms with van der Waals surface area (Å²) in [6, 6.07) is 22.6. The van der Waals surface area contributed by atoms with Crippen molar-refractivity contribution in [1.29, 1.82) is 0 Å². The van der Waals surface area contributed by atoms with Gasteiger partial charge in [0, 0.05) is 18.2 Å². The van der Waals surface area contributed by atoms with Crippen LogP contribution >= 0.6 is 0 Å². The van der Waals surface area contributed by atoms with E-state index in [4.69, 9.17) is 15.2 Å². The van der Waals surface area contributed by atoms with Gasteiger partial charge in [-0.25, -0.2) is 4.39 Å². The van der Waals surface area contributed by atoms with Gasteiger partial charge in [-0.15, -0.1) is 0 Å². The van der Waals surface area contributed by atoms with Crippen molar-refractivity contribution in [2.75, 3.05) is 30.8 Å². The first-order valence-corrected chi connectivity index (χ1v) is 11.8. The third kappa shape index (κ3) is 7.56. The Balaban J connectivity index is 1.32. The molecule has 4 N–H and O–H groups in total. The van der Waals surface area contributed by atoms with Crippen LogP contribution in [0.25, 0.3) is 0 Å². The highest BCUT2D eigenvalue weighted by atomic mass is 19.1. The van der Waals surface area contributed by atoms with Crippen LogP contribution in [0.2, 0.25) is 0 Å². The standard InChI is InChI=1S/C29H31FN2O3/c30-26-16-28(32-17-25(33)20-34-18-22-7-3-1-4-8-22)24(15-27(26)31)11-12-29(13-14-29)21-35-19-23-9-5-2-6-10-23/h1-10,15-16,25,32-33H,13-14,17-21,31H2. The van der Waals surface area contributed by atoms with Crippen LogP contribution in [0.5, 0.6) is 0 Å². The Morgan fingerprint density at radius 1 is 0.971 bits per heavy atom. The molecule has 1 aliphatic rings. The minimum Gasteiger partial charge on any atom is -0.396 e. The normalized spacial score (nSPS) is 14.6. The smallest absolute Gasteiger partial charge is 0.148 e. The predicted octanol–water partition coefficient (Wildman–Crippen LogP) is 4.75. The van der Waals surface area contributed by atoms with E-state index in [0.29, 0.717) is 31.1 Å². The summed E-state index contributed by atoms with van der Waals surface area (Å²) < 4.78 is 25.7. The zero-order chi connectivity index (χ0) is 24.5. The molecule has 0 amide bonds. The van der Waals surface area contributed by atoms with Crippen molar-refractivity contribution in [2.24, 2.45) is 5.41 Å². The summed E-state index contributed by atoms with van der Waals surface area (Å²) in [7, 11) is 0. The Kier molecular flexibility index (Phi) is 8.38. The summed E-state index contributed by atoms with van der Waals surface area (Å²) >= 11 is 0. The lowest BCUT2D eigenvalue weighted by molar-refractivity contribution is 0.0348. The van der Waals surface area contributed by atoms with Gasteiger partial charge in [0.05, 0.1) is 49.3 Å². The summed E-state index contributed by atoms with van der Waals surface area (Å²) in [5.74, 6) is 5.96. The fourth-order valence-electron chi connectivity index (χ4n) is 3.61. The van der Waals surface area contributed by atoms with Gasteiger partial charge in [0.15, 0.2) is 0 Å². The lowest BCUT2D eigenvalue weighted by Gasteiger charge is -2.15. The number of rotatable bonds is 11. The second-order valence-electron chi connectivity index (χ2n) is 8.96. The first kappa shape index (κ1) is 24.7. The first-order valence-electron chi connectivity index (χ1n) is 11.8. The fraction of sp³-hybridized carbons (Fsp3) is 0.310. The van der Waals surface area contributed by atoms with E-state index in [9.17, 15) is 9.50 Å². The number of ether oxygens (including phenoxy) is 2. The van der Waals surface area contributed by atoms with E-state index in [1.807, 2.05) is 60.7 Å². The number of aliphatic hydroxyl groups excluding tert-OH is 1. The lowest BCUT2D eigenvalue weighted by Crippen LogP contribution is -2.25. The SMILES string of the molecule is Nc1cc(C#CC2(COCc3ccccc3)CC2)c(NCC(O)COCc2ccccc2)cc1F. The minimum absolute atomic E-state index is 0.0387. The number of benzene rings is 3. The third-order valence-electron chi connectivity index (χ3n) is 5.89. The monoisotopic (exact) mass is 474 g/mol. The molecule has 4 rings (SSSR count). The van der Waals surface area contributed by atoms with E-state index < -0.39 is 11.9 Å². The van der Waals surface area contributed by atoms with Gasteiger partial charge in [0.1, 0.15) is 5.82 Å². The van der Waals surface area contributed by atoms with Crippen molar-refractivity contribution < 1.29 is 19.0 Å². The number of halogens is 1. The Hall–Kier alpha value is -3.37. The van der Waals surface area contributed by atoms with E-state index in [2.05, 4.69) is 17.2 Å². The van der Waals surface area contributed by atoms with Gasteiger partial charge in [-0.2, -0.15) is 0 Å². The van der Waals surface area contributed by atoms with Gasteiger partial charge in [0.2, 0.25) is 0 Å². The van der Waals surface area contributed by atoms with Gasteiger partial charge in [-0.05, 0) is 30.0 Å². The van der Waals surface area contributed by atoms with Crippen LogP contribution in [0.15, 0.2) is 72.8 Å². The molecule has 0 bridgehead atoms. The molecular weight excluding hydrogens is 443 g/mol. The number of nitrogens with two attached hydrogens (primary N) is 1. The molecule has 35 heavy (non-hydrogen) atoms. The minimum atomic E-state index is -0.763. The number of anilines is 2. The molecule has 6 heteroatoms. The predicted molar refractivity (Wildman–Crippen MR) is 136 cm³/mol. The van der Waals surface area contributed by atoms with Gasteiger partial charge < -0.3 is 25.6 Å². The molecule has 0 spiro atoms. The Labute approximate surface area is 206 Å². The number of aliphatic hydroxyl groups is 1. The van der Waals surface area contributed by atoms with Crippen LogP contribution < -0.4 is 11.1 Å². The van der Waals surface area contributed by atoms with Gasteiger partial charge in [-0.1, -0.05) is 72.5 Å². The molecule has 0 aromatic heterocycles. The number of nitrogens with one attached hydrogen (secondary N) is 1. The number of hydrogen-bond acceptors (Lipinski definition) is 5. The maximum Gasteiger partial charge on any atom is 0.148 e. The van der Waals surface area contributed by atoms with Crippen LogP contribution in [-0.4, -0.2) is 31.0 Å². The van der Waals surface area contributed by atoms with E-state index in [1.54, 1.807) is 0 Å². The molecule has 1 aliphatic carbocycles. The summed E-state index contributed by atoms with van der Waals surface area (Å²) in [4.78, 5) is 0. The largest absolute Gasteiger partial charge is 0.396 e. The number of hydrogen-bond donors (Lipinski definition) is 3.